The largest absolute Gasteiger partial charge is 0.325 e. The molecular weight excluding hydrogens is 238 g/mol. The van der Waals surface area contributed by atoms with E-state index < -0.39 is 5.41 Å². The second kappa shape index (κ2) is 4.19. The second-order valence-corrected chi connectivity index (χ2v) is 5.12. The number of ketones is 1. The maximum Gasteiger partial charge on any atom is 0.238 e. The molecule has 1 amide bonds. The maximum atomic E-state index is 12.2. The molecule has 2 aromatic carbocycles. The van der Waals surface area contributed by atoms with Crippen molar-refractivity contribution in [3.63, 3.8) is 0 Å². The Morgan fingerprint density at radius 3 is 2.42 bits per heavy atom. The van der Waals surface area contributed by atoms with Gasteiger partial charge in [0.15, 0.2) is 0 Å². The molecule has 3 rings (SSSR count). The lowest BCUT2D eigenvalue weighted by molar-refractivity contribution is -0.131. The molecular formula is C16H15NO2. The molecule has 0 spiro atoms. The van der Waals surface area contributed by atoms with Gasteiger partial charge in [0.05, 0.1) is 0 Å². The highest BCUT2D eigenvalue weighted by atomic mass is 16.2. The van der Waals surface area contributed by atoms with E-state index in [-0.39, 0.29) is 11.7 Å². The monoisotopic (exact) mass is 253 g/mol. The van der Waals surface area contributed by atoms with E-state index in [2.05, 4.69) is 5.32 Å². The van der Waals surface area contributed by atoms with Gasteiger partial charge in [0.1, 0.15) is 11.2 Å². The number of nitrogens with one attached hydrogen (secondary N) is 1. The first-order chi connectivity index (χ1) is 9.13. The fraction of sp³-hybridized carbons (Fsp3) is 0.250. The summed E-state index contributed by atoms with van der Waals surface area (Å²) in [6.07, 6.45) is 1.33. The molecule has 0 unspecified atom stereocenters. The van der Waals surface area contributed by atoms with Crippen LogP contribution in [0.1, 0.15) is 19.8 Å². The van der Waals surface area contributed by atoms with Gasteiger partial charge < -0.3 is 5.32 Å². The van der Waals surface area contributed by atoms with Crippen molar-refractivity contribution in [3.05, 3.63) is 42.5 Å². The summed E-state index contributed by atoms with van der Waals surface area (Å²) in [4.78, 5) is 23.8. The van der Waals surface area contributed by atoms with Crippen LogP contribution in [-0.4, -0.2) is 11.7 Å². The molecule has 3 heteroatoms. The number of carbonyl (C=O) groups excluding carboxylic acids is 2. The molecule has 0 bridgehead atoms. The molecule has 1 fully saturated rings. The Morgan fingerprint density at radius 2 is 1.74 bits per heavy atom. The molecule has 96 valence electrons. The maximum absolute atomic E-state index is 12.2. The predicted molar refractivity (Wildman–Crippen MR) is 74.9 cm³/mol. The van der Waals surface area contributed by atoms with Gasteiger partial charge in [-0.25, -0.2) is 0 Å². The van der Waals surface area contributed by atoms with Crippen molar-refractivity contribution >= 4 is 28.2 Å². The molecule has 0 aromatic heterocycles. The number of rotatable bonds is 3. The Bertz CT molecular complexity index is 666. The number of anilines is 1. The third kappa shape index (κ3) is 1.91. The van der Waals surface area contributed by atoms with Crippen LogP contribution >= 0.6 is 0 Å². The summed E-state index contributed by atoms with van der Waals surface area (Å²) in [5.74, 6) is -0.207. The van der Waals surface area contributed by atoms with E-state index in [0.29, 0.717) is 12.8 Å². The van der Waals surface area contributed by atoms with Crippen LogP contribution in [0.3, 0.4) is 0 Å². The summed E-state index contributed by atoms with van der Waals surface area (Å²) < 4.78 is 0. The lowest BCUT2D eigenvalue weighted by atomic mass is 10.0. The highest BCUT2D eigenvalue weighted by Gasteiger charge is 2.54. The Hall–Kier alpha value is -2.16. The molecule has 1 aliphatic rings. The molecule has 0 radical (unpaired) electrons. The number of Topliss-reactive ketones (excluding diaryl/α,β-unsaturated/α-hetero) is 1. The average Bonchev–Trinajstić information content (AvgIpc) is 3.20. The Morgan fingerprint density at radius 1 is 1.05 bits per heavy atom. The highest BCUT2D eigenvalue weighted by molar-refractivity contribution is 6.15. The third-order valence-corrected chi connectivity index (χ3v) is 3.90. The topological polar surface area (TPSA) is 46.2 Å². The molecule has 1 aliphatic carbocycles. The summed E-state index contributed by atoms with van der Waals surface area (Å²) in [5.41, 5.74) is 0.00681. The summed E-state index contributed by atoms with van der Waals surface area (Å²) in [6.45, 7) is 1.50. The van der Waals surface area contributed by atoms with Crippen molar-refractivity contribution in [2.45, 2.75) is 19.8 Å². The SMILES string of the molecule is CC(=O)C1(C(=O)Nc2cccc3ccccc23)CC1. The van der Waals surface area contributed by atoms with Crippen LogP contribution in [-0.2, 0) is 9.59 Å². The molecule has 19 heavy (non-hydrogen) atoms. The van der Waals surface area contributed by atoms with Gasteiger partial charge in [-0.05, 0) is 31.2 Å². The van der Waals surface area contributed by atoms with Crippen LogP contribution < -0.4 is 5.32 Å². The lowest BCUT2D eigenvalue weighted by Crippen LogP contribution is -2.29. The highest BCUT2D eigenvalue weighted by Crippen LogP contribution is 2.47. The van der Waals surface area contributed by atoms with Gasteiger partial charge in [0.25, 0.3) is 0 Å². The number of amides is 1. The molecule has 1 saturated carbocycles. The van der Waals surface area contributed by atoms with Crippen molar-refractivity contribution in [2.75, 3.05) is 5.32 Å². The van der Waals surface area contributed by atoms with Crippen LogP contribution in [0.25, 0.3) is 10.8 Å². The molecule has 0 saturated heterocycles. The van der Waals surface area contributed by atoms with E-state index >= 15 is 0 Å². The van der Waals surface area contributed by atoms with Crippen LogP contribution in [0.5, 0.6) is 0 Å². The Balaban J connectivity index is 1.94. The van der Waals surface area contributed by atoms with Crippen LogP contribution in [0.4, 0.5) is 5.69 Å². The van der Waals surface area contributed by atoms with Crippen LogP contribution in [0, 0.1) is 5.41 Å². The fourth-order valence-corrected chi connectivity index (χ4v) is 2.44. The summed E-state index contributed by atoms with van der Waals surface area (Å²) in [7, 11) is 0. The molecule has 0 heterocycles. The van der Waals surface area contributed by atoms with Gasteiger partial charge in [-0.1, -0.05) is 36.4 Å². The average molecular weight is 253 g/mol. The normalized spacial score (nSPS) is 16.1. The van der Waals surface area contributed by atoms with Crippen molar-refractivity contribution in [3.8, 4) is 0 Å². The summed E-state index contributed by atoms with van der Waals surface area (Å²) in [6, 6.07) is 13.7. The van der Waals surface area contributed by atoms with Crippen molar-refractivity contribution in [1.82, 2.24) is 0 Å². The first-order valence-electron chi connectivity index (χ1n) is 6.44. The van der Waals surface area contributed by atoms with Gasteiger partial charge >= 0.3 is 0 Å². The molecule has 2 aromatic rings. The third-order valence-electron chi connectivity index (χ3n) is 3.90. The zero-order valence-electron chi connectivity index (χ0n) is 10.8. The Kier molecular flexibility index (Phi) is 2.63. The first kappa shape index (κ1) is 11.9. The van der Waals surface area contributed by atoms with Gasteiger partial charge in [-0.15, -0.1) is 0 Å². The fourth-order valence-electron chi connectivity index (χ4n) is 2.44. The van der Waals surface area contributed by atoms with Gasteiger partial charge in [-0.2, -0.15) is 0 Å². The lowest BCUT2D eigenvalue weighted by Gasteiger charge is -2.13. The van der Waals surface area contributed by atoms with E-state index in [1.165, 1.54) is 6.92 Å². The number of hydrogen-bond donors (Lipinski definition) is 1. The van der Waals surface area contributed by atoms with Crippen LogP contribution in [0.2, 0.25) is 0 Å². The zero-order valence-corrected chi connectivity index (χ0v) is 10.8. The predicted octanol–water partition coefficient (Wildman–Crippen LogP) is 3.15. The molecule has 0 atom stereocenters. The minimum Gasteiger partial charge on any atom is -0.325 e. The quantitative estimate of drug-likeness (QED) is 0.854. The van der Waals surface area contributed by atoms with Gasteiger partial charge in [0.2, 0.25) is 5.91 Å². The standard InChI is InChI=1S/C16H15NO2/c1-11(18)16(9-10-16)15(19)17-14-8-4-6-12-5-2-3-7-13(12)14/h2-8H,9-10H2,1H3,(H,17,19). The minimum atomic E-state index is -0.767. The van der Waals surface area contributed by atoms with Gasteiger partial charge in [-0.3, -0.25) is 9.59 Å². The van der Waals surface area contributed by atoms with Crippen molar-refractivity contribution in [1.29, 1.82) is 0 Å². The smallest absolute Gasteiger partial charge is 0.238 e. The van der Waals surface area contributed by atoms with E-state index in [1.54, 1.807) is 0 Å². The van der Waals surface area contributed by atoms with Crippen molar-refractivity contribution in [2.24, 2.45) is 5.41 Å². The van der Waals surface area contributed by atoms with E-state index in [4.69, 9.17) is 0 Å². The van der Waals surface area contributed by atoms with Crippen LogP contribution in [0.15, 0.2) is 42.5 Å². The van der Waals surface area contributed by atoms with E-state index in [9.17, 15) is 9.59 Å². The van der Waals surface area contributed by atoms with E-state index in [0.717, 1.165) is 16.5 Å². The second-order valence-electron chi connectivity index (χ2n) is 5.12. The molecule has 3 nitrogen and oxygen atoms in total. The van der Waals surface area contributed by atoms with Gasteiger partial charge in [0, 0.05) is 11.1 Å². The number of carbonyl (C=O) groups is 2. The number of benzene rings is 2. The first-order valence-corrected chi connectivity index (χ1v) is 6.44. The molecule has 0 aliphatic heterocycles. The van der Waals surface area contributed by atoms with Crippen molar-refractivity contribution < 1.29 is 9.59 Å². The summed E-state index contributed by atoms with van der Waals surface area (Å²) in [5, 5.41) is 4.98. The number of fused-ring (bicyclic) bond motifs is 1. The van der Waals surface area contributed by atoms with E-state index in [1.807, 2.05) is 42.5 Å². The summed E-state index contributed by atoms with van der Waals surface area (Å²) >= 11 is 0. The number of hydrogen-bond acceptors (Lipinski definition) is 2. The molecule has 1 N–H and O–H groups in total. The zero-order chi connectivity index (χ0) is 13.5. The Labute approximate surface area is 111 Å². The minimum absolute atomic E-state index is 0.0368.